The van der Waals surface area contributed by atoms with E-state index in [1.807, 2.05) is 0 Å². The van der Waals surface area contributed by atoms with Gasteiger partial charge >= 0.3 is 6.09 Å². The lowest BCUT2D eigenvalue weighted by atomic mass is 10.1. The Kier molecular flexibility index (Phi) is 4.46. The zero-order valence-electron chi connectivity index (χ0n) is 10.9. The Bertz CT molecular complexity index is 483. The first-order valence-electron chi connectivity index (χ1n) is 6.37. The third-order valence-electron chi connectivity index (χ3n) is 3.36. The minimum absolute atomic E-state index is 0.0245. The number of nitrogens with zero attached hydrogens (tertiary/aromatic N) is 3. The second kappa shape index (κ2) is 6.29. The molecule has 1 aromatic rings. The van der Waals surface area contributed by atoms with E-state index in [9.17, 15) is 14.9 Å². The van der Waals surface area contributed by atoms with Gasteiger partial charge in [-0.15, -0.1) is 0 Å². The van der Waals surface area contributed by atoms with Crippen LogP contribution >= 0.6 is 0 Å². The minimum atomic E-state index is -0.875. The highest BCUT2D eigenvalue weighted by molar-refractivity contribution is 5.65. The van der Waals surface area contributed by atoms with Crippen molar-refractivity contribution in [3.05, 3.63) is 34.1 Å². The lowest BCUT2D eigenvalue weighted by molar-refractivity contribution is -0.385. The molecule has 0 atom stereocenters. The van der Waals surface area contributed by atoms with Crippen LogP contribution in [-0.4, -0.2) is 45.1 Å². The van der Waals surface area contributed by atoms with Crippen LogP contribution < -0.4 is 5.32 Å². The molecular formula is C12H16N4O4. The fourth-order valence-corrected chi connectivity index (χ4v) is 2.15. The first-order valence-corrected chi connectivity index (χ1v) is 6.37. The molecule has 1 aliphatic heterocycles. The maximum atomic E-state index is 10.8. The molecule has 2 heterocycles. The smallest absolute Gasteiger partial charge is 0.407 e. The summed E-state index contributed by atoms with van der Waals surface area (Å²) >= 11 is 0. The summed E-state index contributed by atoms with van der Waals surface area (Å²) in [6.07, 6.45) is 1.89. The number of pyridine rings is 1. The van der Waals surface area contributed by atoms with E-state index in [1.54, 1.807) is 6.07 Å². The van der Waals surface area contributed by atoms with Gasteiger partial charge in [0.1, 0.15) is 6.20 Å². The van der Waals surface area contributed by atoms with E-state index in [0.717, 1.165) is 18.5 Å². The van der Waals surface area contributed by atoms with Gasteiger partial charge in [0, 0.05) is 31.7 Å². The Hall–Kier alpha value is -2.22. The fourth-order valence-electron chi connectivity index (χ4n) is 2.15. The van der Waals surface area contributed by atoms with E-state index in [1.165, 1.54) is 17.2 Å². The molecule has 8 heteroatoms. The van der Waals surface area contributed by atoms with Crippen LogP contribution in [0.4, 0.5) is 10.5 Å². The number of carbonyl (C=O) groups is 1. The van der Waals surface area contributed by atoms with Gasteiger partial charge < -0.3 is 15.3 Å². The predicted molar refractivity (Wildman–Crippen MR) is 70.4 cm³/mol. The van der Waals surface area contributed by atoms with Gasteiger partial charge in [0.25, 0.3) is 5.69 Å². The van der Waals surface area contributed by atoms with Crippen LogP contribution in [0, 0.1) is 10.1 Å². The van der Waals surface area contributed by atoms with Crippen molar-refractivity contribution in [1.82, 2.24) is 15.2 Å². The van der Waals surface area contributed by atoms with Gasteiger partial charge in [-0.2, -0.15) is 0 Å². The van der Waals surface area contributed by atoms with Crippen molar-refractivity contribution < 1.29 is 14.8 Å². The maximum absolute atomic E-state index is 10.8. The molecule has 2 rings (SSSR count). The van der Waals surface area contributed by atoms with Crippen LogP contribution in [-0.2, 0) is 6.54 Å². The molecule has 8 nitrogen and oxygen atoms in total. The minimum Gasteiger partial charge on any atom is -0.465 e. The normalized spacial score (nSPS) is 16.1. The lowest BCUT2D eigenvalue weighted by Crippen LogP contribution is -2.44. The Morgan fingerprint density at radius 1 is 1.50 bits per heavy atom. The summed E-state index contributed by atoms with van der Waals surface area (Å²) in [5, 5.41) is 22.6. The van der Waals surface area contributed by atoms with Gasteiger partial charge in [-0.3, -0.25) is 15.1 Å². The number of nitrogens with one attached hydrogen (secondary N) is 1. The van der Waals surface area contributed by atoms with Crippen LogP contribution in [0.5, 0.6) is 0 Å². The second-order valence-corrected chi connectivity index (χ2v) is 4.69. The molecule has 1 amide bonds. The summed E-state index contributed by atoms with van der Waals surface area (Å²) in [4.78, 5) is 26.2. The predicted octanol–water partition coefficient (Wildman–Crippen LogP) is 1.22. The number of hydrogen-bond acceptors (Lipinski definition) is 5. The zero-order chi connectivity index (χ0) is 14.5. The Balaban J connectivity index is 1.78. The van der Waals surface area contributed by atoms with E-state index in [-0.39, 0.29) is 11.7 Å². The van der Waals surface area contributed by atoms with Gasteiger partial charge in [-0.25, -0.2) is 4.79 Å². The second-order valence-electron chi connectivity index (χ2n) is 4.69. The summed E-state index contributed by atoms with van der Waals surface area (Å²) < 4.78 is 0. The SMILES string of the molecule is O=C(O)N1CCC(NCc2ccc([N+](=O)[O-])cn2)CC1. The number of aromatic nitrogens is 1. The highest BCUT2D eigenvalue weighted by atomic mass is 16.6. The van der Waals surface area contributed by atoms with E-state index in [2.05, 4.69) is 10.3 Å². The van der Waals surface area contributed by atoms with Gasteiger partial charge in [-0.1, -0.05) is 0 Å². The fraction of sp³-hybridized carbons (Fsp3) is 0.500. The van der Waals surface area contributed by atoms with Crippen molar-refractivity contribution in [3.8, 4) is 0 Å². The van der Waals surface area contributed by atoms with Crippen molar-refractivity contribution in [1.29, 1.82) is 0 Å². The monoisotopic (exact) mass is 280 g/mol. The number of carboxylic acid groups (broad SMARTS) is 1. The van der Waals surface area contributed by atoms with E-state index in [4.69, 9.17) is 5.11 Å². The molecule has 0 bridgehead atoms. The molecule has 0 unspecified atom stereocenters. The van der Waals surface area contributed by atoms with Gasteiger partial charge in [0.2, 0.25) is 0 Å². The number of hydrogen-bond donors (Lipinski definition) is 2. The molecular weight excluding hydrogens is 264 g/mol. The molecule has 1 saturated heterocycles. The first kappa shape index (κ1) is 14.2. The highest BCUT2D eigenvalue weighted by Crippen LogP contribution is 2.12. The molecule has 0 radical (unpaired) electrons. The molecule has 0 aromatic carbocycles. The largest absolute Gasteiger partial charge is 0.465 e. The third-order valence-corrected chi connectivity index (χ3v) is 3.36. The summed E-state index contributed by atoms with van der Waals surface area (Å²) in [6, 6.07) is 3.30. The molecule has 1 aromatic heterocycles. The van der Waals surface area contributed by atoms with E-state index >= 15 is 0 Å². The van der Waals surface area contributed by atoms with Gasteiger partial charge in [0.15, 0.2) is 0 Å². The van der Waals surface area contributed by atoms with Crippen molar-refractivity contribution in [2.45, 2.75) is 25.4 Å². The maximum Gasteiger partial charge on any atom is 0.407 e. The molecule has 108 valence electrons. The van der Waals surface area contributed by atoms with Crippen molar-refractivity contribution in [3.63, 3.8) is 0 Å². The number of likely N-dealkylation sites (tertiary alicyclic amines) is 1. The zero-order valence-corrected chi connectivity index (χ0v) is 10.9. The number of nitro groups is 1. The molecule has 0 saturated carbocycles. The summed E-state index contributed by atoms with van der Waals surface area (Å²) in [5.41, 5.74) is 0.708. The first-order chi connectivity index (χ1) is 9.56. The molecule has 0 aliphatic carbocycles. The van der Waals surface area contributed by atoms with Gasteiger partial charge in [0.05, 0.1) is 10.6 Å². The van der Waals surface area contributed by atoms with Crippen LogP contribution in [0.3, 0.4) is 0 Å². The summed E-state index contributed by atoms with van der Waals surface area (Å²) in [7, 11) is 0. The van der Waals surface area contributed by atoms with Gasteiger partial charge in [-0.05, 0) is 18.9 Å². The summed E-state index contributed by atoms with van der Waals surface area (Å²) in [6.45, 7) is 1.58. The number of rotatable bonds is 4. The van der Waals surface area contributed by atoms with E-state index in [0.29, 0.717) is 19.6 Å². The summed E-state index contributed by atoms with van der Waals surface area (Å²) in [5.74, 6) is 0. The Morgan fingerprint density at radius 2 is 2.20 bits per heavy atom. The number of amides is 1. The van der Waals surface area contributed by atoms with Crippen molar-refractivity contribution in [2.24, 2.45) is 0 Å². The average molecular weight is 280 g/mol. The van der Waals surface area contributed by atoms with Crippen LogP contribution in [0.15, 0.2) is 18.3 Å². The van der Waals surface area contributed by atoms with Crippen LogP contribution in [0.1, 0.15) is 18.5 Å². The van der Waals surface area contributed by atoms with Crippen molar-refractivity contribution in [2.75, 3.05) is 13.1 Å². The number of piperidine rings is 1. The van der Waals surface area contributed by atoms with Crippen LogP contribution in [0.2, 0.25) is 0 Å². The topological polar surface area (TPSA) is 109 Å². The molecule has 1 aliphatic rings. The average Bonchev–Trinajstić information content (AvgIpc) is 2.46. The van der Waals surface area contributed by atoms with Crippen LogP contribution in [0.25, 0.3) is 0 Å². The lowest BCUT2D eigenvalue weighted by Gasteiger charge is -2.30. The van der Waals surface area contributed by atoms with Crippen molar-refractivity contribution >= 4 is 11.8 Å². The molecule has 0 spiro atoms. The Morgan fingerprint density at radius 3 is 2.70 bits per heavy atom. The Labute approximate surface area is 115 Å². The quantitative estimate of drug-likeness (QED) is 0.634. The van der Waals surface area contributed by atoms with E-state index < -0.39 is 11.0 Å². The molecule has 1 fully saturated rings. The molecule has 2 N–H and O–H groups in total. The third kappa shape index (κ3) is 3.64. The molecule has 20 heavy (non-hydrogen) atoms. The standard InChI is InChI=1S/C12H16N4O4/c17-12(18)15-5-3-9(4-6-15)13-7-10-1-2-11(8-14-10)16(19)20/h1-2,8-9,13H,3-7H2,(H,17,18). The highest BCUT2D eigenvalue weighted by Gasteiger charge is 2.21.